The minimum absolute atomic E-state index is 0.0411. The molecule has 15 heavy (non-hydrogen) atoms. The van der Waals surface area contributed by atoms with Gasteiger partial charge in [0, 0.05) is 29.3 Å². The first-order chi connectivity index (χ1) is 7.15. The Morgan fingerprint density at radius 1 is 1.53 bits per heavy atom. The van der Waals surface area contributed by atoms with Crippen LogP contribution in [0.25, 0.3) is 10.1 Å². The third-order valence-corrected chi connectivity index (χ3v) is 4.05. The molecule has 0 aliphatic heterocycles. The van der Waals surface area contributed by atoms with E-state index >= 15 is 0 Å². The standard InChI is InChI=1S/C10H9BrN2OS/c1-5-8-6(11)3-13-4-7(8)15-9(5)10(14)12-2/h3-4H,1-2H3,(H,12,14). The number of amides is 1. The first-order valence-corrected chi connectivity index (χ1v) is 6.00. The maximum absolute atomic E-state index is 11.6. The van der Waals surface area contributed by atoms with E-state index in [2.05, 4.69) is 26.2 Å². The Kier molecular flexibility index (Phi) is 2.75. The van der Waals surface area contributed by atoms with Crippen LogP contribution >= 0.6 is 27.3 Å². The van der Waals surface area contributed by atoms with Gasteiger partial charge in [-0.2, -0.15) is 0 Å². The second kappa shape index (κ2) is 3.90. The second-order valence-electron chi connectivity index (χ2n) is 3.13. The summed E-state index contributed by atoms with van der Waals surface area (Å²) in [6, 6.07) is 0. The van der Waals surface area contributed by atoms with Gasteiger partial charge in [0.25, 0.3) is 5.91 Å². The zero-order valence-electron chi connectivity index (χ0n) is 8.30. The molecular weight excluding hydrogens is 276 g/mol. The Labute approximate surface area is 99.6 Å². The van der Waals surface area contributed by atoms with Gasteiger partial charge >= 0.3 is 0 Å². The van der Waals surface area contributed by atoms with Crippen LogP contribution in [0.1, 0.15) is 15.2 Å². The molecule has 0 aliphatic carbocycles. The molecule has 0 aliphatic rings. The van der Waals surface area contributed by atoms with E-state index in [4.69, 9.17) is 0 Å². The Balaban J connectivity index is 2.75. The van der Waals surface area contributed by atoms with E-state index in [1.165, 1.54) is 11.3 Å². The van der Waals surface area contributed by atoms with Crippen LogP contribution in [-0.4, -0.2) is 17.9 Å². The molecule has 0 atom stereocenters. The molecule has 2 heterocycles. The fourth-order valence-electron chi connectivity index (χ4n) is 1.49. The molecule has 0 saturated heterocycles. The van der Waals surface area contributed by atoms with E-state index in [0.717, 1.165) is 25.0 Å². The van der Waals surface area contributed by atoms with Crippen LogP contribution in [0.5, 0.6) is 0 Å². The molecule has 0 saturated carbocycles. The lowest BCUT2D eigenvalue weighted by Gasteiger charge is -1.97. The monoisotopic (exact) mass is 284 g/mol. The summed E-state index contributed by atoms with van der Waals surface area (Å²) in [4.78, 5) is 16.4. The van der Waals surface area contributed by atoms with Gasteiger partial charge in [-0.3, -0.25) is 9.78 Å². The number of fused-ring (bicyclic) bond motifs is 1. The Morgan fingerprint density at radius 2 is 2.27 bits per heavy atom. The molecule has 0 radical (unpaired) electrons. The van der Waals surface area contributed by atoms with Gasteiger partial charge in [-0.1, -0.05) is 0 Å². The summed E-state index contributed by atoms with van der Waals surface area (Å²) in [6.07, 6.45) is 3.53. The van der Waals surface area contributed by atoms with E-state index in [9.17, 15) is 4.79 Å². The topological polar surface area (TPSA) is 42.0 Å². The minimum atomic E-state index is -0.0411. The molecule has 78 valence electrons. The van der Waals surface area contributed by atoms with Gasteiger partial charge in [-0.25, -0.2) is 0 Å². The van der Waals surface area contributed by atoms with Gasteiger partial charge in [-0.15, -0.1) is 11.3 Å². The van der Waals surface area contributed by atoms with E-state index in [0.29, 0.717) is 0 Å². The first kappa shape index (κ1) is 10.6. The third kappa shape index (κ3) is 1.66. The summed E-state index contributed by atoms with van der Waals surface area (Å²) in [5.74, 6) is -0.0411. The molecule has 0 unspecified atom stereocenters. The molecule has 2 aromatic heterocycles. The number of aryl methyl sites for hydroxylation is 1. The summed E-state index contributed by atoms with van der Waals surface area (Å²) in [6.45, 7) is 1.95. The van der Waals surface area contributed by atoms with Crippen molar-refractivity contribution >= 4 is 43.3 Å². The lowest BCUT2D eigenvalue weighted by Crippen LogP contribution is -2.17. The highest BCUT2D eigenvalue weighted by Crippen LogP contribution is 2.34. The van der Waals surface area contributed by atoms with Crippen molar-refractivity contribution in [2.24, 2.45) is 0 Å². The summed E-state index contributed by atoms with van der Waals surface area (Å²) >= 11 is 4.91. The van der Waals surface area contributed by atoms with Crippen LogP contribution in [0.15, 0.2) is 16.9 Å². The van der Waals surface area contributed by atoms with E-state index in [-0.39, 0.29) is 5.91 Å². The SMILES string of the molecule is CNC(=O)c1sc2cncc(Br)c2c1C. The van der Waals surface area contributed by atoms with Crippen LogP contribution in [-0.2, 0) is 0 Å². The van der Waals surface area contributed by atoms with E-state index in [1.54, 1.807) is 19.4 Å². The number of halogens is 1. The van der Waals surface area contributed by atoms with Crippen molar-refractivity contribution in [1.29, 1.82) is 0 Å². The van der Waals surface area contributed by atoms with Crippen molar-refractivity contribution in [3.8, 4) is 0 Å². The van der Waals surface area contributed by atoms with Crippen molar-refractivity contribution < 1.29 is 4.79 Å². The zero-order chi connectivity index (χ0) is 11.0. The van der Waals surface area contributed by atoms with Crippen molar-refractivity contribution in [3.05, 3.63) is 27.3 Å². The number of carbonyl (C=O) groups excluding carboxylic acids is 1. The Bertz CT molecular complexity index is 535. The largest absolute Gasteiger partial charge is 0.354 e. The van der Waals surface area contributed by atoms with Gasteiger partial charge < -0.3 is 5.32 Å². The highest BCUT2D eigenvalue weighted by molar-refractivity contribution is 9.10. The van der Waals surface area contributed by atoms with Gasteiger partial charge in [0.05, 0.1) is 9.58 Å². The number of pyridine rings is 1. The van der Waals surface area contributed by atoms with Crippen molar-refractivity contribution in [2.45, 2.75) is 6.92 Å². The maximum atomic E-state index is 11.6. The van der Waals surface area contributed by atoms with Gasteiger partial charge in [-0.05, 0) is 28.4 Å². The summed E-state index contributed by atoms with van der Waals surface area (Å²) in [7, 11) is 1.64. The normalized spacial score (nSPS) is 10.6. The average Bonchev–Trinajstić information content (AvgIpc) is 2.56. The van der Waals surface area contributed by atoms with Crippen LogP contribution in [0, 0.1) is 6.92 Å². The smallest absolute Gasteiger partial charge is 0.261 e. The summed E-state index contributed by atoms with van der Waals surface area (Å²) in [5, 5.41) is 3.72. The van der Waals surface area contributed by atoms with Gasteiger partial charge in [0.15, 0.2) is 0 Å². The predicted octanol–water partition coefficient (Wildman–Crippen LogP) is 2.73. The van der Waals surface area contributed by atoms with Gasteiger partial charge in [0.1, 0.15) is 0 Å². The number of rotatable bonds is 1. The molecular formula is C10H9BrN2OS. The summed E-state index contributed by atoms with van der Waals surface area (Å²) in [5.41, 5.74) is 1.00. The highest BCUT2D eigenvalue weighted by atomic mass is 79.9. The molecule has 3 nitrogen and oxygen atoms in total. The predicted molar refractivity (Wildman–Crippen MR) is 65.4 cm³/mol. The first-order valence-electron chi connectivity index (χ1n) is 4.40. The zero-order valence-corrected chi connectivity index (χ0v) is 10.7. The molecule has 1 amide bonds. The fraction of sp³-hybridized carbons (Fsp3) is 0.200. The van der Waals surface area contributed by atoms with Crippen LogP contribution < -0.4 is 5.32 Å². The molecule has 5 heteroatoms. The van der Waals surface area contributed by atoms with Crippen molar-refractivity contribution in [2.75, 3.05) is 7.05 Å². The number of hydrogen-bond donors (Lipinski definition) is 1. The Hall–Kier alpha value is -0.940. The number of nitrogens with one attached hydrogen (secondary N) is 1. The minimum Gasteiger partial charge on any atom is -0.354 e. The Morgan fingerprint density at radius 3 is 2.87 bits per heavy atom. The summed E-state index contributed by atoms with van der Waals surface area (Å²) < 4.78 is 1.96. The number of aromatic nitrogens is 1. The third-order valence-electron chi connectivity index (χ3n) is 2.23. The molecule has 0 spiro atoms. The molecule has 2 rings (SSSR count). The van der Waals surface area contributed by atoms with E-state index in [1.807, 2.05) is 6.92 Å². The second-order valence-corrected chi connectivity index (χ2v) is 5.04. The molecule has 0 bridgehead atoms. The van der Waals surface area contributed by atoms with Crippen molar-refractivity contribution in [3.63, 3.8) is 0 Å². The quantitative estimate of drug-likeness (QED) is 0.875. The molecule has 2 aromatic rings. The number of hydrogen-bond acceptors (Lipinski definition) is 3. The lowest BCUT2D eigenvalue weighted by molar-refractivity contribution is 0.0966. The van der Waals surface area contributed by atoms with E-state index < -0.39 is 0 Å². The number of carbonyl (C=O) groups is 1. The molecule has 0 fully saturated rings. The van der Waals surface area contributed by atoms with Crippen LogP contribution in [0.4, 0.5) is 0 Å². The lowest BCUT2D eigenvalue weighted by atomic mass is 10.2. The number of nitrogens with zero attached hydrogens (tertiary/aromatic N) is 1. The maximum Gasteiger partial charge on any atom is 0.261 e. The van der Waals surface area contributed by atoms with Crippen LogP contribution in [0.3, 0.4) is 0 Å². The van der Waals surface area contributed by atoms with Crippen molar-refractivity contribution in [1.82, 2.24) is 10.3 Å². The van der Waals surface area contributed by atoms with Gasteiger partial charge in [0.2, 0.25) is 0 Å². The highest BCUT2D eigenvalue weighted by Gasteiger charge is 2.15. The average molecular weight is 285 g/mol. The van der Waals surface area contributed by atoms with Crippen LogP contribution in [0.2, 0.25) is 0 Å². The molecule has 1 N–H and O–H groups in total. The number of thiophene rings is 1. The molecule has 0 aromatic carbocycles. The fourth-order valence-corrected chi connectivity index (χ4v) is 3.40.